The van der Waals surface area contributed by atoms with Crippen LogP contribution in [0.25, 0.3) is 0 Å². The quantitative estimate of drug-likeness (QED) is 0.607. The van der Waals surface area contributed by atoms with E-state index in [1.165, 1.54) is 83.5 Å². The van der Waals surface area contributed by atoms with Crippen LogP contribution in [0.3, 0.4) is 0 Å². The van der Waals surface area contributed by atoms with E-state index in [4.69, 9.17) is 5.73 Å². The van der Waals surface area contributed by atoms with Crippen LogP contribution >= 0.6 is 0 Å². The summed E-state index contributed by atoms with van der Waals surface area (Å²) in [5.74, 6) is 0. The number of nitrogens with two attached hydrogens (primary N) is 1. The van der Waals surface area contributed by atoms with Crippen LogP contribution < -0.4 is 5.73 Å². The van der Waals surface area contributed by atoms with E-state index >= 15 is 0 Å². The summed E-state index contributed by atoms with van der Waals surface area (Å²) < 4.78 is 0. The minimum Gasteiger partial charge on any atom is -0.402 e. The van der Waals surface area contributed by atoms with Gasteiger partial charge in [0.05, 0.1) is 0 Å². The summed E-state index contributed by atoms with van der Waals surface area (Å²) in [5.41, 5.74) is 7.14. The first-order chi connectivity index (χ1) is 8.39. The second-order valence-corrected chi connectivity index (χ2v) is 5.56. The molecule has 1 heteroatoms. The van der Waals surface area contributed by atoms with Gasteiger partial charge in [-0.3, -0.25) is 0 Å². The van der Waals surface area contributed by atoms with Crippen molar-refractivity contribution in [3.05, 3.63) is 11.8 Å². The lowest BCUT2D eigenvalue weighted by Crippen LogP contribution is -1.97. The Labute approximate surface area is 108 Å². The Morgan fingerprint density at radius 1 is 0.588 bits per heavy atom. The SMILES string of the molecule is NC1=CCCCCCCCCCCCCCC1. The monoisotopic (exact) mass is 237 g/mol. The molecule has 0 saturated heterocycles. The van der Waals surface area contributed by atoms with Gasteiger partial charge in [0.25, 0.3) is 0 Å². The Kier molecular flexibility index (Phi) is 9.17. The predicted molar refractivity (Wildman–Crippen MR) is 76.9 cm³/mol. The van der Waals surface area contributed by atoms with Crippen LogP contribution in [-0.2, 0) is 0 Å². The zero-order chi connectivity index (χ0) is 12.2. The van der Waals surface area contributed by atoms with Gasteiger partial charge in [-0.2, -0.15) is 0 Å². The molecule has 0 aliphatic heterocycles. The Bertz CT molecular complexity index is 196. The molecule has 0 spiro atoms. The summed E-state index contributed by atoms with van der Waals surface area (Å²) in [6.45, 7) is 0. The highest BCUT2D eigenvalue weighted by Crippen LogP contribution is 2.15. The van der Waals surface area contributed by atoms with Gasteiger partial charge in [0, 0.05) is 5.70 Å². The Morgan fingerprint density at radius 3 is 1.53 bits per heavy atom. The topological polar surface area (TPSA) is 26.0 Å². The van der Waals surface area contributed by atoms with Gasteiger partial charge in [0.2, 0.25) is 0 Å². The van der Waals surface area contributed by atoms with Crippen molar-refractivity contribution in [3.8, 4) is 0 Å². The fourth-order valence-corrected chi connectivity index (χ4v) is 2.63. The van der Waals surface area contributed by atoms with E-state index in [0.717, 1.165) is 12.1 Å². The second kappa shape index (κ2) is 10.7. The molecule has 1 rings (SSSR count). The summed E-state index contributed by atoms with van der Waals surface area (Å²) in [7, 11) is 0. The van der Waals surface area contributed by atoms with Gasteiger partial charge in [0.15, 0.2) is 0 Å². The average Bonchev–Trinajstić information content (AvgIpc) is 2.32. The molecular weight excluding hydrogens is 206 g/mol. The third kappa shape index (κ3) is 9.26. The molecule has 100 valence electrons. The molecule has 0 heterocycles. The zero-order valence-corrected chi connectivity index (χ0v) is 11.6. The first-order valence-electron chi connectivity index (χ1n) is 7.84. The minimum atomic E-state index is 1.12. The van der Waals surface area contributed by atoms with E-state index in [2.05, 4.69) is 6.08 Å². The average molecular weight is 237 g/mol. The molecule has 0 aromatic rings. The van der Waals surface area contributed by atoms with Gasteiger partial charge in [-0.05, 0) is 25.7 Å². The fourth-order valence-electron chi connectivity index (χ4n) is 2.63. The van der Waals surface area contributed by atoms with E-state index in [-0.39, 0.29) is 0 Å². The maximum absolute atomic E-state index is 6.00. The van der Waals surface area contributed by atoms with Crippen LogP contribution in [0.4, 0.5) is 0 Å². The van der Waals surface area contributed by atoms with Crippen LogP contribution in [-0.4, -0.2) is 0 Å². The van der Waals surface area contributed by atoms with Gasteiger partial charge in [0.1, 0.15) is 0 Å². The summed E-state index contributed by atoms with van der Waals surface area (Å²) >= 11 is 0. The maximum Gasteiger partial charge on any atom is 0.00399 e. The molecule has 0 amide bonds. The van der Waals surface area contributed by atoms with Crippen LogP contribution in [0.2, 0.25) is 0 Å². The van der Waals surface area contributed by atoms with E-state index in [1.54, 1.807) is 0 Å². The first-order valence-corrected chi connectivity index (χ1v) is 7.84. The Hall–Kier alpha value is -0.460. The summed E-state index contributed by atoms with van der Waals surface area (Å²) in [5, 5.41) is 0. The van der Waals surface area contributed by atoms with Gasteiger partial charge in [-0.15, -0.1) is 0 Å². The normalized spacial score (nSPS) is 22.9. The van der Waals surface area contributed by atoms with Crippen molar-refractivity contribution >= 4 is 0 Å². The van der Waals surface area contributed by atoms with Crippen molar-refractivity contribution in [1.82, 2.24) is 0 Å². The standard InChI is InChI=1S/C16H31N/c17-16-14-12-10-8-6-4-2-1-3-5-7-9-11-13-15-16/h14H,1-13,15,17H2. The molecular formula is C16H31N. The van der Waals surface area contributed by atoms with Crippen molar-refractivity contribution in [2.24, 2.45) is 5.73 Å². The molecule has 0 fully saturated rings. The highest BCUT2D eigenvalue weighted by molar-refractivity contribution is 4.95. The molecule has 1 aliphatic rings. The lowest BCUT2D eigenvalue weighted by molar-refractivity contribution is 0.538. The zero-order valence-electron chi connectivity index (χ0n) is 11.6. The molecule has 1 aliphatic carbocycles. The predicted octanol–water partition coefficient (Wildman–Crippen LogP) is 5.30. The molecule has 1 nitrogen and oxygen atoms in total. The lowest BCUT2D eigenvalue weighted by Gasteiger charge is -2.05. The van der Waals surface area contributed by atoms with Crippen LogP contribution in [0.5, 0.6) is 0 Å². The lowest BCUT2D eigenvalue weighted by atomic mass is 10.0. The van der Waals surface area contributed by atoms with Gasteiger partial charge >= 0.3 is 0 Å². The molecule has 0 saturated carbocycles. The fraction of sp³-hybridized carbons (Fsp3) is 0.875. The van der Waals surface area contributed by atoms with E-state index in [1.807, 2.05) is 0 Å². The molecule has 0 radical (unpaired) electrons. The van der Waals surface area contributed by atoms with Crippen molar-refractivity contribution in [2.45, 2.75) is 89.9 Å². The number of hydrogen-bond acceptors (Lipinski definition) is 1. The smallest absolute Gasteiger partial charge is 0.00399 e. The number of rotatable bonds is 0. The van der Waals surface area contributed by atoms with Crippen molar-refractivity contribution in [3.63, 3.8) is 0 Å². The maximum atomic E-state index is 6.00. The third-order valence-corrected chi connectivity index (χ3v) is 3.83. The Morgan fingerprint density at radius 2 is 1.00 bits per heavy atom. The molecule has 0 aromatic heterocycles. The molecule has 2 N–H and O–H groups in total. The van der Waals surface area contributed by atoms with E-state index in [0.29, 0.717) is 0 Å². The summed E-state index contributed by atoms with van der Waals surface area (Å²) in [6, 6.07) is 0. The minimum absolute atomic E-state index is 1.12. The highest BCUT2D eigenvalue weighted by atomic mass is 14.6. The van der Waals surface area contributed by atoms with E-state index in [9.17, 15) is 0 Å². The van der Waals surface area contributed by atoms with E-state index < -0.39 is 0 Å². The second-order valence-electron chi connectivity index (χ2n) is 5.56. The van der Waals surface area contributed by atoms with Crippen LogP contribution in [0.15, 0.2) is 11.8 Å². The molecule has 0 atom stereocenters. The van der Waals surface area contributed by atoms with Crippen molar-refractivity contribution in [2.75, 3.05) is 0 Å². The highest BCUT2D eigenvalue weighted by Gasteiger charge is 1.96. The first kappa shape index (κ1) is 14.6. The largest absolute Gasteiger partial charge is 0.402 e. The Balaban J connectivity index is 2.18. The molecule has 0 aromatic carbocycles. The molecule has 0 unspecified atom stereocenters. The number of allylic oxidation sites excluding steroid dienone is 2. The van der Waals surface area contributed by atoms with Gasteiger partial charge in [-0.25, -0.2) is 0 Å². The van der Waals surface area contributed by atoms with Crippen LogP contribution in [0, 0.1) is 0 Å². The summed E-state index contributed by atoms with van der Waals surface area (Å²) in [4.78, 5) is 0. The third-order valence-electron chi connectivity index (χ3n) is 3.83. The molecule has 0 bridgehead atoms. The number of hydrogen-bond donors (Lipinski definition) is 1. The summed E-state index contributed by atoms with van der Waals surface area (Å²) in [6.07, 6.45) is 21.5. The van der Waals surface area contributed by atoms with Gasteiger partial charge in [-0.1, -0.05) is 70.3 Å². The van der Waals surface area contributed by atoms with Gasteiger partial charge < -0.3 is 5.73 Å². The molecule has 17 heavy (non-hydrogen) atoms. The van der Waals surface area contributed by atoms with Crippen molar-refractivity contribution < 1.29 is 0 Å². The van der Waals surface area contributed by atoms with Crippen LogP contribution in [0.1, 0.15) is 89.9 Å². The van der Waals surface area contributed by atoms with Crippen molar-refractivity contribution in [1.29, 1.82) is 0 Å².